The maximum absolute atomic E-state index is 12.5. The van der Waals surface area contributed by atoms with E-state index in [0.717, 1.165) is 36.5 Å². The van der Waals surface area contributed by atoms with Crippen LogP contribution in [0.5, 0.6) is 5.75 Å². The van der Waals surface area contributed by atoms with E-state index in [1.807, 2.05) is 0 Å². The summed E-state index contributed by atoms with van der Waals surface area (Å²) in [5.41, 5.74) is 0.673. The number of anilines is 1. The van der Waals surface area contributed by atoms with Crippen LogP contribution in [0.3, 0.4) is 0 Å². The van der Waals surface area contributed by atoms with E-state index in [9.17, 15) is 4.79 Å². The Morgan fingerprint density at radius 3 is 2.56 bits per heavy atom. The van der Waals surface area contributed by atoms with E-state index in [0.29, 0.717) is 30.4 Å². The predicted octanol–water partition coefficient (Wildman–Crippen LogP) is 2.75. The minimum Gasteiger partial charge on any atom is -0.497 e. The van der Waals surface area contributed by atoms with Gasteiger partial charge in [-0.05, 0) is 30.2 Å². The molecule has 1 fully saturated rings. The van der Waals surface area contributed by atoms with E-state index in [1.165, 1.54) is 11.8 Å². The number of thioether (sulfide) groups is 1. The van der Waals surface area contributed by atoms with Crippen molar-refractivity contribution >= 4 is 23.5 Å². The molecule has 0 saturated carbocycles. The zero-order valence-corrected chi connectivity index (χ0v) is 16.9. The zero-order valence-electron chi connectivity index (χ0n) is 16.1. The third-order valence-electron chi connectivity index (χ3n) is 4.28. The van der Waals surface area contributed by atoms with Gasteiger partial charge in [-0.25, -0.2) is 0 Å². The molecule has 0 unspecified atom stereocenters. The van der Waals surface area contributed by atoms with Gasteiger partial charge in [0.25, 0.3) is 0 Å². The molecular formula is C19H26N4O3S. The van der Waals surface area contributed by atoms with Crippen molar-refractivity contribution in [2.45, 2.75) is 25.5 Å². The number of hydrogen-bond donors (Lipinski definition) is 0. The van der Waals surface area contributed by atoms with Crippen molar-refractivity contribution in [2.24, 2.45) is 5.92 Å². The van der Waals surface area contributed by atoms with Crippen molar-refractivity contribution in [3.63, 3.8) is 0 Å². The summed E-state index contributed by atoms with van der Waals surface area (Å²) in [7, 11) is 1.61. The number of methoxy groups -OCH3 is 1. The van der Waals surface area contributed by atoms with Crippen LogP contribution in [0.2, 0.25) is 0 Å². The maximum Gasteiger partial charge on any atom is 0.228 e. The van der Waals surface area contributed by atoms with Crippen LogP contribution in [0.1, 0.15) is 24.2 Å². The molecule has 8 heteroatoms. The number of aromatic nitrogens is 3. The van der Waals surface area contributed by atoms with Gasteiger partial charge in [-0.2, -0.15) is 0 Å². The molecule has 2 aromatic rings. The summed E-state index contributed by atoms with van der Waals surface area (Å²) in [4.78, 5) is 14.7. The van der Waals surface area contributed by atoms with Crippen LogP contribution in [-0.4, -0.2) is 59.7 Å². The summed E-state index contributed by atoms with van der Waals surface area (Å²) < 4.78 is 12.7. The molecule has 1 saturated heterocycles. The normalized spacial score (nSPS) is 14.6. The van der Waals surface area contributed by atoms with Gasteiger partial charge in [-0.1, -0.05) is 25.6 Å². The minimum atomic E-state index is 0.0645. The van der Waals surface area contributed by atoms with Gasteiger partial charge in [0.15, 0.2) is 10.9 Å². The average molecular weight is 391 g/mol. The number of ketones is 1. The molecule has 1 aliphatic heterocycles. The van der Waals surface area contributed by atoms with Crippen molar-refractivity contribution in [1.29, 1.82) is 0 Å². The molecule has 2 heterocycles. The van der Waals surface area contributed by atoms with Crippen LogP contribution < -0.4 is 9.64 Å². The highest BCUT2D eigenvalue weighted by Crippen LogP contribution is 2.25. The lowest BCUT2D eigenvalue weighted by molar-refractivity contribution is 0.102. The fourth-order valence-electron chi connectivity index (χ4n) is 2.90. The van der Waals surface area contributed by atoms with Crippen molar-refractivity contribution < 1.29 is 14.3 Å². The van der Waals surface area contributed by atoms with Gasteiger partial charge in [0, 0.05) is 25.2 Å². The van der Waals surface area contributed by atoms with Crippen LogP contribution in [0.4, 0.5) is 5.95 Å². The smallest absolute Gasteiger partial charge is 0.228 e. The van der Waals surface area contributed by atoms with Gasteiger partial charge < -0.3 is 14.4 Å². The molecule has 146 valence electrons. The SMILES string of the molecule is COc1ccc(C(=O)CSc2nnc(N3CCOCC3)n2CC(C)C)cc1. The first-order chi connectivity index (χ1) is 13.1. The van der Waals surface area contributed by atoms with E-state index >= 15 is 0 Å². The van der Waals surface area contributed by atoms with E-state index in [4.69, 9.17) is 9.47 Å². The summed E-state index contributed by atoms with van der Waals surface area (Å²) in [5, 5.41) is 9.54. The summed E-state index contributed by atoms with van der Waals surface area (Å²) >= 11 is 1.44. The number of nitrogens with zero attached hydrogens (tertiary/aromatic N) is 4. The van der Waals surface area contributed by atoms with E-state index < -0.39 is 0 Å². The highest BCUT2D eigenvalue weighted by Gasteiger charge is 2.21. The largest absolute Gasteiger partial charge is 0.497 e. The third-order valence-corrected chi connectivity index (χ3v) is 5.25. The van der Waals surface area contributed by atoms with Gasteiger partial charge >= 0.3 is 0 Å². The molecule has 0 N–H and O–H groups in total. The monoisotopic (exact) mass is 390 g/mol. The fourth-order valence-corrected chi connectivity index (χ4v) is 3.74. The number of Topliss-reactive ketones (excluding diaryl/α,β-unsaturated/α-hetero) is 1. The van der Waals surface area contributed by atoms with Crippen molar-refractivity contribution in [2.75, 3.05) is 44.1 Å². The van der Waals surface area contributed by atoms with Gasteiger partial charge in [-0.3, -0.25) is 9.36 Å². The molecule has 0 spiro atoms. The summed E-state index contributed by atoms with van der Waals surface area (Å²) in [6.45, 7) is 8.18. The first kappa shape index (κ1) is 19.7. The highest BCUT2D eigenvalue weighted by molar-refractivity contribution is 7.99. The summed E-state index contributed by atoms with van der Waals surface area (Å²) in [6, 6.07) is 7.19. The molecule has 7 nitrogen and oxygen atoms in total. The molecule has 1 aromatic carbocycles. The van der Waals surface area contributed by atoms with Crippen LogP contribution in [-0.2, 0) is 11.3 Å². The maximum atomic E-state index is 12.5. The van der Waals surface area contributed by atoms with Gasteiger partial charge in [0.2, 0.25) is 5.95 Å². The molecule has 1 aromatic heterocycles. The number of carbonyl (C=O) groups is 1. The second-order valence-corrected chi connectivity index (χ2v) is 7.77. The van der Waals surface area contributed by atoms with Crippen LogP contribution in [0.15, 0.2) is 29.4 Å². The molecule has 0 aliphatic carbocycles. The summed E-state index contributed by atoms with van der Waals surface area (Å²) in [5.74, 6) is 2.45. The first-order valence-corrected chi connectivity index (χ1v) is 10.1. The second kappa shape index (κ2) is 9.23. The van der Waals surface area contributed by atoms with Gasteiger partial charge in [0.1, 0.15) is 5.75 Å². The topological polar surface area (TPSA) is 69.5 Å². The van der Waals surface area contributed by atoms with E-state index in [1.54, 1.807) is 31.4 Å². The Labute approximate surface area is 164 Å². The molecule has 0 radical (unpaired) electrons. The first-order valence-electron chi connectivity index (χ1n) is 9.14. The average Bonchev–Trinajstić information content (AvgIpc) is 3.08. The summed E-state index contributed by atoms with van der Waals surface area (Å²) in [6.07, 6.45) is 0. The predicted molar refractivity (Wildman–Crippen MR) is 106 cm³/mol. The standard InChI is InChI=1S/C19H26N4O3S/c1-14(2)12-23-18(22-8-10-26-11-9-22)20-21-19(23)27-13-17(24)15-4-6-16(25-3)7-5-15/h4-7,14H,8-13H2,1-3H3. The number of benzene rings is 1. The fraction of sp³-hybridized carbons (Fsp3) is 0.526. The molecule has 0 amide bonds. The van der Waals surface area contributed by atoms with Crippen molar-refractivity contribution in [3.05, 3.63) is 29.8 Å². The van der Waals surface area contributed by atoms with Crippen LogP contribution in [0.25, 0.3) is 0 Å². The lowest BCUT2D eigenvalue weighted by Gasteiger charge is -2.28. The second-order valence-electron chi connectivity index (χ2n) is 6.83. The Kier molecular flexibility index (Phi) is 6.73. The number of morpholine rings is 1. The molecule has 1 aliphatic rings. The van der Waals surface area contributed by atoms with E-state index in [-0.39, 0.29) is 5.78 Å². The van der Waals surface area contributed by atoms with E-state index in [2.05, 4.69) is 33.5 Å². The number of ether oxygens (including phenoxy) is 2. The lowest BCUT2D eigenvalue weighted by atomic mass is 10.1. The molecular weight excluding hydrogens is 364 g/mol. The number of hydrogen-bond acceptors (Lipinski definition) is 7. The Bertz CT molecular complexity index is 755. The lowest BCUT2D eigenvalue weighted by Crippen LogP contribution is -2.38. The van der Waals surface area contributed by atoms with Crippen LogP contribution >= 0.6 is 11.8 Å². The van der Waals surface area contributed by atoms with Crippen molar-refractivity contribution in [1.82, 2.24) is 14.8 Å². The van der Waals surface area contributed by atoms with Crippen molar-refractivity contribution in [3.8, 4) is 5.75 Å². The van der Waals surface area contributed by atoms with Gasteiger partial charge in [-0.15, -0.1) is 10.2 Å². The van der Waals surface area contributed by atoms with Crippen LogP contribution in [0, 0.1) is 5.92 Å². The Hall–Kier alpha value is -2.06. The Balaban J connectivity index is 1.71. The molecule has 0 bridgehead atoms. The number of rotatable bonds is 8. The number of carbonyl (C=O) groups excluding carboxylic acids is 1. The highest BCUT2D eigenvalue weighted by atomic mass is 32.2. The third kappa shape index (κ3) is 5.01. The van der Waals surface area contributed by atoms with Gasteiger partial charge in [0.05, 0.1) is 26.1 Å². The molecule has 27 heavy (non-hydrogen) atoms. The Morgan fingerprint density at radius 2 is 1.93 bits per heavy atom. The zero-order chi connectivity index (χ0) is 19.2. The minimum absolute atomic E-state index is 0.0645. The molecule has 0 atom stereocenters. The Morgan fingerprint density at radius 1 is 1.22 bits per heavy atom. The quantitative estimate of drug-likeness (QED) is 0.507. The molecule has 3 rings (SSSR count).